The molecular formula is C11H20N2O. The summed E-state index contributed by atoms with van der Waals surface area (Å²) in [5, 5.41) is 3.40. The summed E-state index contributed by atoms with van der Waals surface area (Å²) < 4.78 is 0. The van der Waals surface area contributed by atoms with Crippen molar-refractivity contribution >= 4 is 5.91 Å². The lowest BCUT2D eigenvalue weighted by Gasteiger charge is -2.39. The summed E-state index contributed by atoms with van der Waals surface area (Å²) in [6.45, 7) is 4.57. The van der Waals surface area contributed by atoms with E-state index in [2.05, 4.69) is 10.2 Å². The minimum atomic E-state index is 0.253. The highest BCUT2D eigenvalue weighted by molar-refractivity contribution is 5.73. The summed E-state index contributed by atoms with van der Waals surface area (Å²) in [4.78, 5) is 13.5. The van der Waals surface area contributed by atoms with Gasteiger partial charge in [0.15, 0.2) is 0 Å². The standard InChI is InChI=1S/C11H20N2O/c1-9(14)13-7-6-12-8-11(13)10-4-2-3-5-10/h10-12H,2-8H2,1H3. The Hall–Kier alpha value is -0.570. The zero-order chi connectivity index (χ0) is 9.97. The maximum Gasteiger partial charge on any atom is 0.219 e. The number of amides is 1. The third-order valence-corrected chi connectivity index (χ3v) is 3.63. The van der Waals surface area contributed by atoms with Crippen molar-refractivity contribution in [3.63, 3.8) is 0 Å². The third-order valence-electron chi connectivity index (χ3n) is 3.63. The molecule has 3 heteroatoms. The molecule has 0 aromatic carbocycles. The van der Waals surface area contributed by atoms with Crippen LogP contribution in [0.2, 0.25) is 0 Å². The molecule has 1 aliphatic heterocycles. The summed E-state index contributed by atoms with van der Waals surface area (Å²) >= 11 is 0. The van der Waals surface area contributed by atoms with Gasteiger partial charge in [0.1, 0.15) is 0 Å². The van der Waals surface area contributed by atoms with Crippen LogP contribution in [-0.4, -0.2) is 36.5 Å². The lowest BCUT2D eigenvalue weighted by molar-refractivity contribution is -0.133. The van der Waals surface area contributed by atoms with Gasteiger partial charge in [-0.05, 0) is 18.8 Å². The molecule has 1 saturated carbocycles. The Morgan fingerprint density at radius 2 is 2.07 bits per heavy atom. The van der Waals surface area contributed by atoms with E-state index < -0.39 is 0 Å². The van der Waals surface area contributed by atoms with Crippen molar-refractivity contribution in [3.05, 3.63) is 0 Å². The van der Waals surface area contributed by atoms with Crippen molar-refractivity contribution in [3.8, 4) is 0 Å². The molecule has 2 rings (SSSR count). The average Bonchev–Trinajstić information content (AvgIpc) is 2.70. The Balaban J connectivity index is 2.01. The zero-order valence-corrected chi connectivity index (χ0v) is 8.96. The fraction of sp³-hybridized carbons (Fsp3) is 0.909. The second-order valence-corrected chi connectivity index (χ2v) is 4.53. The van der Waals surface area contributed by atoms with E-state index in [0.717, 1.165) is 25.6 Å². The maximum absolute atomic E-state index is 11.5. The molecule has 2 aliphatic rings. The van der Waals surface area contributed by atoms with Gasteiger partial charge in [-0.1, -0.05) is 12.8 Å². The number of rotatable bonds is 1. The predicted octanol–water partition coefficient (Wildman–Crippen LogP) is 0.997. The van der Waals surface area contributed by atoms with E-state index in [9.17, 15) is 4.79 Å². The smallest absolute Gasteiger partial charge is 0.219 e. The largest absolute Gasteiger partial charge is 0.337 e. The first-order valence-corrected chi connectivity index (χ1v) is 5.77. The Labute approximate surface area is 85.8 Å². The number of hydrogen-bond donors (Lipinski definition) is 1. The van der Waals surface area contributed by atoms with Crippen LogP contribution in [-0.2, 0) is 4.79 Å². The van der Waals surface area contributed by atoms with Gasteiger partial charge >= 0.3 is 0 Å². The molecule has 0 aromatic heterocycles. The Morgan fingerprint density at radius 3 is 2.71 bits per heavy atom. The molecule has 1 saturated heterocycles. The number of hydrogen-bond acceptors (Lipinski definition) is 2. The highest BCUT2D eigenvalue weighted by Gasteiger charge is 2.32. The lowest BCUT2D eigenvalue weighted by Crippen LogP contribution is -2.55. The monoisotopic (exact) mass is 196 g/mol. The van der Waals surface area contributed by atoms with Crippen molar-refractivity contribution in [1.29, 1.82) is 0 Å². The average molecular weight is 196 g/mol. The van der Waals surface area contributed by atoms with E-state index in [0.29, 0.717) is 6.04 Å². The number of carbonyl (C=O) groups excluding carboxylic acids is 1. The van der Waals surface area contributed by atoms with Gasteiger partial charge in [0.05, 0.1) is 0 Å². The molecule has 1 unspecified atom stereocenters. The van der Waals surface area contributed by atoms with Crippen molar-refractivity contribution in [2.24, 2.45) is 5.92 Å². The second-order valence-electron chi connectivity index (χ2n) is 4.53. The van der Waals surface area contributed by atoms with Gasteiger partial charge in [0.2, 0.25) is 5.91 Å². The first-order valence-electron chi connectivity index (χ1n) is 5.77. The highest BCUT2D eigenvalue weighted by atomic mass is 16.2. The van der Waals surface area contributed by atoms with Crippen LogP contribution in [0, 0.1) is 5.92 Å². The first kappa shape index (κ1) is 9.97. The van der Waals surface area contributed by atoms with Gasteiger partial charge in [0, 0.05) is 32.6 Å². The molecule has 0 spiro atoms. The first-order chi connectivity index (χ1) is 6.79. The van der Waals surface area contributed by atoms with Gasteiger partial charge in [-0.15, -0.1) is 0 Å². The SMILES string of the molecule is CC(=O)N1CCNCC1C1CCCC1. The summed E-state index contributed by atoms with van der Waals surface area (Å²) in [7, 11) is 0. The molecular weight excluding hydrogens is 176 g/mol. The Bertz CT molecular complexity index is 211. The summed E-state index contributed by atoms with van der Waals surface area (Å²) in [5.41, 5.74) is 0. The van der Waals surface area contributed by atoms with Gasteiger partial charge in [-0.3, -0.25) is 4.79 Å². The predicted molar refractivity (Wildman–Crippen MR) is 56.0 cm³/mol. The summed E-state index contributed by atoms with van der Waals surface area (Å²) in [6.07, 6.45) is 5.34. The van der Waals surface area contributed by atoms with E-state index in [1.807, 2.05) is 0 Å². The van der Waals surface area contributed by atoms with E-state index in [1.165, 1.54) is 25.7 Å². The number of nitrogens with zero attached hydrogens (tertiary/aromatic N) is 1. The van der Waals surface area contributed by atoms with Crippen molar-refractivity contribution in [2.45, 2.75) is 38.6 Å². The van der Waals surface area contributed by atoms with Crippen LogP contribution in [0.25, 0.3) is 0 Å². The molecule has 3 nitrogen and oxygen atoms in total. The van der Waals surface area contributed by atoms with Crippen molar-refractivity contribution in [2.75, 3.05) is 19.6 Å². The van der Waals surface area contributed by atoms with Gasteiger partial charge in [-0.2, -0.15) is 0 Å². The summed E-state index contributed by atoms with van der Waals surface area (Å²) in [6, 6.07) is 0.476. The fourth-order valence-electron chi connectivity index (χ4n) is 2.88. The van der Waals surface area contributed by atoms with Gasteiger partial charge in [0.25, 0.3) is 0 Å². The second kappa shape index (κ2) is 4.30. The molecule has 1 N–H and O–H groups in total. The van der Waals surface area contributed by atoms with Gasteiger partial charge in [-0.25, -0.2) is 0 Å². The van der Waals surface area contributed by atoms with Crippen LogP contribution < -0.4 is 5.32 Å². The van der Waals surface area contributed by atoms with E-state index in [4.69, 9.17) is 0 Å². The van der Waals surface area contributed by atoms with Crippen LogP contribution in [0.4, 0.5) is 0 Å². The number of piperazine rings is 1. The molecule has 0 bridgehead atoms. The quantitative estimate of drug-likeness (QED) is 0.678. The lowest BCUT2D eigenvalue weighted by atomic mass is 9.95. The fourth-order valence-corrected chi connectivity index (χ4v) is 2.88. The van der Waals surface area contributed by atoms with Crippen molar-refractivity contribution < 1.29 is 4.79 Å². The van der Waals surface area contributed by atoms with Crippen LogP contribution in [0.15, 0.2) is 0 Å². The summed E-state index contributed by atoms with van der Waals surface area (Å²) in [5.74, 6) is 1.01. The minimum Gasteiger partial charge on any atom is -0.337 e. The van der Waals surface area contributed by atoms with E-state index in [1.54, 1.807) is 6.92 Å². The minimum absolute atomic E-state index is 0.253. The molecule has 80 valence electrons. The molecule has 2 fully saturated rings. The van der Waals surface area contributed by atoms with Crippen LogP contribution in [0.1, 0.15) is 32.6 Å². The topological polar surface area (TPSA) is 32.3 Å². The highest BCUT2D eigenvalue weighted by Crippen LogP contribution is 2.30. The van der Waals surface area contributed by atoms with Crippen LogP contribution in [0.5, 0.6) is 0 Å². The molecule has 1 aliphatic carbocycles. The molecule has 14 heavy (non-hydrogen) atoms. The molecule has 1 heterocycles. The van der Waals surface area contributed by atoms with E-state index >= 15 is 0 Å². The molecule has 0 radical (unpaired) electrons. The third kappa shape index (κ3) is 1.92. The number of carbonyl (C=O) groups is 1. The van der Waals surface area contributed by atoms with Crippen molar-refractivity contribution in [1.82, 2.24) is 10.2 Å². The van der Waals surface area contributed by atoms with Crippen LogP contribution >= 0.6 is 0 Å². The molecule has 1 atom stereocenters. The normalized spacial score (nSPS) is 29.5. The van der Waals surface area contributed by atoms with E-state index in [-0.39, 0.29) is 5.91 Å². The maximum atomic E-state index is 11.5. The van der Waals surface area contributed by atoms with Crippen LogP contribution in [0.3, 0.4) is 0 Å². The Morgan fingerprint density at radius 1 is 1.36 bits per heavy atom. The molecule has 1 amide bonds. The molecule has 0 aromatic rings. The zero-order valence-electron chi connectivity index (χ0n) is 8.96. The number of nitrogens with one attached hydrogen (secondary N) is 1. The Kier molecular flexibility index (Phi) is 3.06. The van der Waals surface area contributed by atoms with Gasteiger partial charge < -0.3 is 10.2 Å².